The molecule has 3 aromatic rings. The van der Waals surface area contributed by atoms with Crippen molar-refractivity contribution in [2.24, 2.45) is 0 Å². The molecule has 0 aliphatic rings. The zero-order chi connectivity index (χ0) is 19.4. The molecule has 0 saturated carbocycles. The third-order valence-corrected chi connectivity index (χ3v) is 6.59. The van der Waals surface area contributed by atoms with Crippen LogP contribution in [0.2, 0.25) is 10.0 Å². The van der Waals surface area contributed by atoms with Crippen molar-refractivity contribution >= 4 is 33.0 Å². The second kappa shape index (κ2) is 8.47. The maximum absolute atomic E-state index is 12.8. The quantitative estimate of drug-likeness (QED) is 0.452. The summed E-state index contributed by atoms with van der Waals surface area (Å²) in [5.41, 5.74) is 3.64. The van der Waals surface area contributed by atoms with Crippen molar-refractivity contribution in [3.63, 3.8) is 0 Å². The van der Waals surface area contributed by atoms with Gasteiger partial charge in [-0.1, -0.05) is 79.0 Å². The van der Waals surface area contributed by atoms with Crippen LogP contribution in [0.1, 0.15) is 24.5 Å². The molecular weight excluding hydrogens is 399 g/mol. The van der Waals surface area contributed by atoms with E-state index in [0.717, 1.165) is 35.1 Å². The second-order valence-corrected chi connectivity index (χ2v) is 9.31. The van der Waals surface area contributed by atoms with Gasteiger partial charge in [0.1, 0.15) is 0 Å². The number of halogens is 2. The number of aryl methyl sites for hydroxylation is 1. The highest BCUT2D eigenvalue weighted by atomic mass is 35.5. The molecule has 0 heterocycles. The first-order valence-corrected chi connectivity index (χ1v) is 11.2. The molecule has 27 heavy (non-hydrogen) atoms. The van der Waals surface area contributed by atoms with Crippen LogP contribution in [0, 0.1) is 0 Å². The predicted octanol–water partition coefficient (Wildman–Crippen LogP) is 6.59. The summed E-state index contributed by atoms with van der Waals surface area (Å²) in [6.45, 7) is 2.11. The Morgan fingerprint density at radius 2 is 1.56 bits per heavy atom. The lowest BCUT2D eigenvalue weighted by atomic mass is 10.1. The fourth-order valence-corrected chi connectivity index (χ4v) is 4.89. The van der Waals surface area contributed by atoms with Crippen LogP contribution in [0.15, 0.2) is 71.6 Å². The lowest BCUT2D eigenvalue weighted by Gasteiger charge is -2.09. The molecule has 140 valence electrons. The summed E-state index contributed by atoms with van der Waals surface area (Å²) in [6.07, 6.45) is 1.98. The predicted molar refractivity (Wildman–Crippen MR) is 113 cm³/mol. The van der Waals surface area contributed by atoms with Crippen LogP contribution in [-0.2, 0) is 22.0 Å². The normalized spacial score (nSPS) is 11.5. The van der Waals surface area contributed by atoms with E-state index in [9.17, 15) is 8.42 Å². The molecule has 0 saturated heterocycles. The maximum Gasteiger partial charge on any atom is 0.182 e. The Balaban J connectivity index is 1.84. The van der Waals surface area contributed by atoms with Crippen LogP contribution in [0.5, 0.6) is 0 Å². The number of sulfone groups is 1. The Morgan fingerprint density at radius 3 is 2.22 bits per heavy atom. The van der Waals surface area contributed by atoms with Crippen LogP contribution in [0.3, 0.4) is 0 Å². The summed E-state index contributed by atoms with van der Waals surface area (Å²) < 4.78 is 25.6. The first kappa shape index (κ1) is 19.9. The van der Waals surface area contributed by atoms with E-state index in [1.165, 1.54) is 0 Å². The first-order valence-electron chi connectivity index (χ1n) is 8.75. The van der Waals surface area contributed by atoms with Crippen molar-refractivity contribution in [3.05, 3.63) is 87.9 Å². The Hall–Kier alpha value is -1.81. The molecule has 0 N–H and O–H groups in total. The Bertz CT molecular complexity index is 1040. The van der Waals surface area contributed by atoms with Gasteiger partial charge in [-0.3, -0.25) is 0 Å². The first-order chi connectivity index (χ1) is 12.9. The van der Waals surface area contributed by atoms with E-state index < -0.39 is 9.84 Å². The Labute approximate surface area is 170 Å². The van der Waals surface area contributed by atoms with Gasteiger partial charge in [-0.25, -0.2) is 8.42 Å². The number of benzene rings is 3. The molecule has 3 aromatic carbocycles. The molecule has 0 radical (unpaired) electrons. The minimum Gasteiger partial charge on any atom is -0.223 e. The van der Waals surface area contributed by atoms with Crippen LogP contribution in [-0.4, -0.2) is 8.42 Å². The van der Waals surface area contributed by atoms with E-state index in [0.29, 0.717) is 14.9 Å². The van der Waals surface area contributed by atoms with Crippen molar-refractivity contribution in [2.45, 2.75) is 30.4 Å². The third kappa shape index (κ3) is 4.92. The number of rotatable bonds is 6. The fraction of sp³-hybridized carbons (Fsp3) is 0.182. The van der Waals surface area contributed by atoms with Crippen molar-refractivity contribution < 1.29 is 8.42 Å². The SMILES string of the molecule is CCCc1cccc(CS(=O)(=O)c2ccc(-c3ccc(Cl)cc3Cl)cc2)c1. The summed E-state index contributed by atoms with van der Waals surface area (Å²) in [4.78, 5) is 0.303. The summed E-state index contributed by atoms with van der Waals surface area (Å²) >= 11 is 12.2. The second-order valence-electron chi connectivity index (χ2n) is 6.48. The topological polar surface area (TPSA) is 34.1 Å². The molecule has 0 atom stereocenters. The average molecular weight is 419 g/mol. The fourth-order valence-electron chi connectivity index (χ4n) is 3.03. The molecule has 0 amide bonds. The molecule has 0 aliphatic heterocycles. The van der Waals surface area contributed by atoms with Gasteiger partial charge in [0.05, 0.1) is 10.6 Å². The number of hydrogen-bond donors (Lipinski definition) is 0. The summed E-state index contributed by atoms with van der Waals surface area (Å²) in [5, 5.41) is 1.10. The molecular formula is C22H20Cl2O2S. The highest BCUT2D eigenvalue weighted by Gasteiger charge is 2.16. The standard InChI is InChI=1S/C22H20Cl2O2S/c1-2-4-16-5-3-6-17(13-16)15-27(25,26)20-10-7-18(8-11-20)21-12-9-19(23)14-22(21)24/h3,5-14H,2,4,15H2,1H3. The molecule has 0 fully saturated rings. The Kier molecular flexibility index (Phi) is 6.25. The zero-order valence-electron chi connectivity index (χ0n) is 15.0. The molecule has 0 aromatic heterocycles. The van der Waals surface area contributed by atoms with Crippen molar-refractivity contribution in [2.75, 3.05) is 0 Å². The van der Waals surface area contributed by atoms with Gasteiger partial charge in [0, 0.05) is 15.6 Å². The molecule has 0 bridgehead atoms. The zero-order valence-corrected chi connectivity index (χ0v) is 17.3. The molecule has 0 unspecified atom stereocenters. The van der Waals surface area contributed by atoms with E-state index >= 15 is 0 Å². The van der Waals surface area contributed by atoms with Crippen LogP contribution >= 0.6 is 23.2 Å². The van der Waals surface area contributed by atoms with E-state index in [1.54, 1.807) is 36.4 Å². The van der Waals surface area contributed by atoms with Gasteiger partial charge in [0.15, 0.2) is 9.84 Å². The van der Waals surface area contributed by atoms with Crippen molar-refractivity contribution in [3.8, 4) is 11.1 Å². The largest absolute Gasteiger partial charge is 0.223 e. The molecule has 0 spiro atoms. The van der Waals surface area contributed by atoms with Gasteiger partial charge in [0.2, 0.25) is 0 Å². The van der Waals surface area contributed by atoms with E-state index in [2.05, 4.69) is 6.92 Å². The van der Waals surface area contributed by atoms with Gasteiger partial charge in [-0.05, 0) is 47.4 Å². The van der Waals surface area contributed by atoms with Crippen LogP contribution in [0.4, 0.5) is 0 Å². The lowest BCUT2D eigenvalue weighted by molar-refractivity contribution is 0.595. The Morgan fingerprint density at radius 1 is 0.852 bits per heavy atom. The van der Waals surface area contributed by atoms with Crippen molar-refractivity contribution in [1.82, 2.24) is 0 Å². The summed E-state index contributed by atoms with van der Waals surface area (Å²) in [5.74, 6) is -0.00833. The van der Waals surface area contributed by atoms with Gasteiger partial charge in [0.25, 0.3) is 0 Å². The van der Waals surface area contributed by atoms with E-state index in [-0.39, 0.29) is 5.75 Å². The minimum atomic E-state index is -3.41. The molecule has 2 nitrogen and oxygen atoms in total. The summed E-state index contributed by atoms with van der Waals surface area (Å²) in [7, 11) is -3.41. The summed E-state index contributed by atoms with van der Waals surface area (Å²) in [6, 6.07) is 19.9. The molecule has 3 rings (SSSR count). The third-order valence-electron chi connectivity index (χ3n) is 4.34. The minimum absolute atomic E-state index is 0.00833. The van der Waals surface area contributed by atoms with Gasteiger partial charge >= 0.3 is 0 Å². The molecule has 5 heteroatoms. The van der Waals surface area contributed by atoms with Crippen LogP contribution < -0.4 is 0 Å². The van der Waals surface area contributed by atoms with Gasteiger partial charge in [-0.2, -0.15) is 0 Å². The molecule has 0 aliphatic carbocycles. The highest BCUT2D eigenvalue weighted by Crippen LogP contribution is 2.31. The van der Waals surface area contributed by atoms with Crippen LogP contribution in [0.25, 0.3) is 11.1 Å². The maximum atomic E-state index is 12.8. The van der Waals surface area contributed by atoms with E-state index in [4.69, 9.17) is 23.2 Å². The monoisotopic (exact) mass is 418 g/mol. The average Bonchev–Trinajstić information content (AvgIpc) is 2.62. The number of hydrogen-bond acceptors (Lipinski definition) is 2. The van der Waals surface area contributed by atoms with Gasteiger partial charge in [-0.15, -0.1) is 0 Å². The van der Waals surface area contributed by atoms with Gasteiger partial charge < -0.3 is 0 Å². The highest BCUT2D eigenvalue weighted by molar-refractivity contribution is 7.90. The smallest absolute Gasteiger partial charge is 0.182 e. The lowest BCUT2D eigenvalue weighted by Crippen LogP contribution is -2.05. The van der Waals surface area contributed by atoms with E-state index in [1.807, 2.05) is 30.3 Å². The van der Waals surface area contributed by atoms with Crippen molar-refractivity contribution in [1.29, 1.82) is 0 Å².